The zero-order valence-corrected chi connectivity index (χ0v) is 8.21. The monoisotopic (exact) mass is 184 g/mol. The van der Waals surface area contributed by atoms with Crippen LogP contribution in [0.15, 0.2) is 0 Å². The Morgan fingerprint density at radius 1 is 1.00 bits per heavy atom. The van der Waals surface area contributed by atoms with E-state index in [0.717, 1.165) is 26.1 Å². The van der Waals surface area contributed by atoms with Crippen molar-refractivity contribution in [2.24, 2.45) is 5.41 Å². The van der Waals surface area contributed by atoms with Gasteiger partial charge in [-0.15, -0.1) is 0 Å². The molecule has 3 aliphatic rings. The van der Waals surface area contributed by atoms with Crippen molar-refractivity contribution in [3.8, 4) is 0 Å². The van der Waals surface area contributed by atoms with E-state index in [-0.39, 0.29) is 11.2 Å². The summed E-state index contributed by atoms with van der Waals surface area (Å²) in [4.78, 5) is 0. The van der Waals surface area contributed by atoms with Crippen LogP contribution in [-0.2, 0) is 14.2 Å². The van der Waals surface area contributed by atoms with E-state index in [0.29, 0.717) is 12.2 Å². The minimum atomic E-state index is -0.343. The highest BCUT2D eigenvalue weighted by Gasteiger charge is 2.62. The molecule has 0 amide bonds. The van der Waals surface area contributed by atoms with Gasteiger partial charge in [0.25, 0.3) is 0 Å². The van der Waals surface area contributed by atoms with Gasteiger partial charge >= 0.3 is 0 Å². The minimum Gasteiger partial charge on any atom is -0.369 e. The second-order valence-electron chi connectivity index (χ2n) is 4.95. The molecule has 0 bridgehead atoms. The second kappa shape index (κ2) is 2.27. The van der Waals surface area contributed by atoms with Gasteiger partial charge in [-0.2, -0.15) is 0 Å². The van der Waals surface area contributed by atoms with Crippen molar-refractivity contribution in [3.63, 3.8) is 0 Å². The molecule has 1 spiro atoms. The first-order chi connectivity index (χ1) is 6.13. The summed E-state index contributed by atoms with van der Waals surface area (Å²) in [6.45, 7) is 5.91. The SMILES string of the molecule is CC1(C)CC2OC2CC12OCCO2. The predicted molar refractivity (Wildman–Crippen MR) is 46.3 cm³/mol. The molecular weight excluding hydrogens is 168 g/mol. The van der Waals surface area contributed by atoms with Gasteiger partial charge in [0.2, 0.25) is 0 Å². The Balaban J connectivity index is 1.90. The van der Waals surface area contributed by atoms with E-state index in [1.54, 1.807) is 0 Å². The fourth-order valence-corrected chi connectivity index (χ4v) is 2.70. The van der Waals surface area contributed by atoms with Gasteiger partial charge in [-0.05, 0) is 6.42 Å². The second-order valence-corrected chi connectivity index (χ2v) is 4.95. The first-order valence-corrected chi connectivity index (χ1v) is 5.06. The van der Waals surface area contributed by atoms with E-state index >= 15 is 0 Å². The predicted octanol–water partition coefficient (Wildman–Crippen LogP) is 1.32. The molecule has 0 aromatic heterocycles. The molecule has 74 valence electrons. The molecule has 3 fully saturated rings. The van der Waals surface area contributed by atoms with Crippen LogP contribution in [-0.4, -0.2) is 31.2 Å². The fourth-order valence-electron chi connectivity index (χ4n) is 2.70. The van der Waals surface area contributed by atoms with Crippen LogP contribution >= 0.6 is 0 Å². The Morgan fingerprint density at radius 2 is 1.62 bits per heavy atom. The van der Waals surface area contributed by atoms with Crippen LogP contribution in [0, 0.1) is 5.41 Å². The smallest absolute Gasteiger partial charge is 0.176 e. The van der Waals surface area contributed by atoms with Gasteiger partial charge < -0.3 is 14.2 Å². The largest absolute Gasteiger partial charge is 0.369 e. The topological polar surface area (TPSA) is 31.0 Å². The number of epoxide rings is 1. The number of rotatable bonds is 0. The molecule has 0 aromatic rings. The Kier molecular flexibility index (Phi) is 1.43. The lowest BCUT2D eigenvalue weighted by Crippen LogP contribution is -2.50. The third kappa shape index (κ3) is 1.01. The molecule has 0 aromatic carbocycles. The summed E-state index contributed by atoms with van der Waals surface area (Å²) in [5.74, 6) is -0.343. The maximum absolute atomic E-state index is 5.79. The van der Waals surface area contributed by atoms with Gasteiger partial charge in [0.05, 0.1) is 25.4 Å². The molecule has 0 radical (unpaired) electrons. The molecule has 2 atom stereocenters. The van der Waals surface area contributed by atoms with Gasteiger partial charge in [-0.25, -0.2) is 0 Å². The molecule has 3 heteroatoms. The standard InChI is InChI=1S/C10H16O3/c1-9(2)5-7-8(13-7)6-10(9)11-3-4-12-10/h7-8H,3-6H2,1-2H3. The molecule has 0 N–H and O–H groups in total. The first kappa shape index (κ1) is 8.21. The summed E-state index contributed by atoms with van der Waals surface area (Å²) in [6, 6.07) is 0. The Morgan fingerprint density at radius 3 is 2.31 bits per heavy atom. The zero-order valence-electron chi connectivity index (χ0n) is 8.21. The van der Waals surface area contributed by atoms with Crippen molar-refractivity contribution >= 4 is 0 Å². The quantitative estimate of drug-likeness (QED) is 0.532. The molecule has 1 saturated carbocycles. The van der Waals surface area contributed by atoms with Crippen LogP contribution < -0.4 is 0 Å². The van der Waals surface area contributed by atoms with E-state index in [9.17, 15) is 0 Å². The summed E-state index contributed by atoms with van der Waals surface area (Å²) in [6.07, 6.45) is 2.88. The van der Waals surface area contributed by atoms with Gasteiger partial charge in [0.15, 0.2) is 5.79 Å². The highest BCUT2D eigenvalue weighted by molar-refractivity contribution is 5.06. The van der Waals surface area contributed by atoms with Crippen molar-refractivity contribution in [3.05, 3.63) is 0 Å². The van der Waals surface area contributed by atoms with Gasteiger partial charge in [-0.3, -0.25) is 0 Å². The molecule has 2 aliphatic heterocycles. The van der Waals surface area contributed by atoms with Crippen molar-refractivity contribution in [1.29, 1.82) is 0 Å². The number of hydrogen-bond acceptors (Lipinski definition) is 3. The van der Waals surface area contributed by atoms with Crippen molar-refractivity contribution in [2.45, 2.75) is 44.7 Å². The molecule has 2 heterocycles. The van der Waals surface area contributed by atoms with Crippen LogP contribution in [0.4, 0.5) is 0 Å². The summed E-state index contributed by atoms with van der Waals surface area (Å²) in [5, 5.41) is 0. The first-order valence-electron chi connectivity index (χ1n) is 5.06. The minimum absolute atomic E-state index is 0.0984. The lowest BCUT2D eigenvalue weighted by Gasteiger charge is -2.43. The lowest BCUT2D eigenvalue weighted by molar-refractivity contribution is -0.240. The van der Waals surface area contributed by atoms with Crippen LogP contribution in [0.2, 0.25) is 0 Å². The van der Waals surface area contributed by atoms with E-state index in [2.05, 4.69) is 13.8 Å². The summed E-state index contributed by atoms with van der Waals surface area (Å²) < 4.78 is 17.1. The summed E-state index contributed by atoms with van der Waals surface area (Å²) in [5.41, 5.74) is 0.0984. The normalized spacial score (nSPS) is 44.8. The van der Waals surface area contributed by atoms with E-state index in [1.807, 2.05) is 0 Å². The third-order valence-corrected chi connectivity index (χ3v) is 3.65. The Hall–Kier alpha value is -0.120. The maximum Gasteiger partial charge on any atom is 0.176 e. The summed E-state index contributed by atoms with van der Waals surface area (Å²) >= 11 is 0. The molecule has 1 aliphatic carbocycles. The Bertz CT molecular complexity index is 230. The fraction of sp³-hybridized carbons (Fsp3) is 1.00. The molecule has 3 nitrogen and oxygen atoms in total. The molecule has 3 rings (SSSR count). The maximum atomic E-state index is 5.79. The average molecular weight is 184 g/mol. The molecule has 2 saturated heterocycles. The van der Waals surface area contributed by atoms with E-state index in [1.165, 1.54) is 0 Å². The highest BCUT2D eigenvalue weighted by Crippen LogP contribution is 2.55. The summed E-state index contributed by atoms with van der Waals surface area (Å²) in [7, 11) is 0. The molecule has 2 unspecified atom stereocenters. The van der Waals surface area contributed by atoms with Gasteiger partial charge in [0.1, 0.15) is 0 Å². The van der Waals surface area contributed by atoms with Gasteiger partial charge in [0, 0.05) is 11.8 Å². The highest BCUT2D eigenvalue weighted by atomic mass is 16.7. The van der Waals surface area contributed by atoms with Crippen LogP contribution in [0.3, 0.4) is 0 Å². The van der Waals surface area contributed by atoms with Crippen molar-refractivity contribution in [2.75, 3.05) is 13.2 Å². The molecular formula is C10H16O3. The number of ether oxygens (including phenoxy) is 3. The van der Waals surface area contributed by atoms with Crippen LogP contribution in [0.5, 0.6) is 0 Å². The van der Waals surface area contributed by atoms with E-state index < -0.39 is 0 Å². The number of hydrogen-bond donors (Lipinski definition) is 0. The lowest BCUT2D eigenvalue weighted by atomic mass is 9.72. The number of fused-ring (bicyclic) bond motifs is 1. The van der Waals surface area contributed by atoms with Crippen molar-refractivity contribution in [1.82, 2.24) is 0 Å². The third-order valence-electron chi connectivity index (χ3n) is 3.65. The van der Waals surface area contributed by atoms with Crippen LogP contribution in [0.25, 0.3) is 0 Å². The van der Waals surface area contributed by atoms with Crippen LogP contribution in [0.1, 0.15) is 26.7 Å². The Labute approximate surface area is 78.3 Å². The zero-order chi connectivity index (χ0) is 9.10. The molecule has 13 heavy (non-hydrogen) atoms. The van der Waals surface area contributed by atoms with Crippen molar-refractivity contribution < 1.29 is 14.2 Å². The van der Waals surface area contributed by atoms with E-state index in [4.69, 9.17) is 14.2 Å². The van der Waals surface area contributed by atoms with Gasteiger partial charge in [-0.1, -0.05) is 13.8 Å². The average Bonchev–Trinajstić information content (AvgIpc) is 2.61.